The summed E-state index contributed by atoms with van der Waals surface area (Å²) in [6.45, 7) is 0. The highest BCUT2D eigenvalue weighted by atomic mass is 32.1. The fraction of sp³-hybridized carbons (Fsp3) is 0. The SMILES string of the molecule is c1ccc(-c2cccc(-c3nc(-c4ccc(-c5nc(-c6ccccc6)nc6c5sc5ccccc56)cc4)c4c(n3)sc3ccccc34)c2)cc1. The molecule has 0 saturated heterocycles. The maximum absolute atomic E-state index is 5.31. The standard InChI is InChI=1S/C44H26N4S2/c1-3-12-27(13-4-1)31-16-11-17-32(26-31)43-45-38(37-33-18-7-9-20-35(33)50-44(37)48-43)28-22-24-29(25-23-28)39-41-40(34-19-8-10-21-36(34)49-41)47-42(46-39)30-14-5-2-6-15-30/h1-26H. The lowest BCUT2D eigenvalue weighted by Crippen LogP contribution is -1.95. The Morgan fingerprint density at radius 1 is 0.360 bits per heavy atom. The highest BCUT2D eigenvalue weighted by Gasteiger charge is 2.19. The van der Waals surface area contributed by atoms with Crippen molar-refractivity contribution in [2.45, 2.75) is 0 Å². The van der Waals surface area contributed by atoms with Gasteiger partial charge in [0, 0.05) is 47.8 Å². The summed E-state index contributed by atoms with van der Waals surface area (Å²) in [4.78, 5) is 21.7. The van der Waals surface area contributed by atoms with Gasteiger partial charge in [0.15, 0.2) is 11.6 Å². The normalized spacial score (nSPS) is 11.6. The van der Waals surface area contributed by atoms with Crippen molar-refractivity contribution in [2.75, 3.05) is 0 Å². The van der Waals surface area contributed by atoms with E-state index in [9.17, 15) is 0 Å². The average Bonchev–Trinajstić information content (AvgIpc) is 3.76. The number of nitrogens with zero attached hydrogens (tertiary/aromatic N) is 4. The molecule has 0 aliphatic rings. The van der Waals surface area contributed by atoms with Crippen molar-refractivity contribution < 1.29 is 0 Å². The van der Waals surface area contributed by atoms with E-state index in [2.05, 4.69) is 133 Å². The van der Waals surface area contributed by atoms with E-state index < -0.39 is 0 Å². The molecule has 0 spiro atoms. The smallest absolute Gasteiger partial charge is 0.161 e. The minimum absolute atomic E-state index is 0.719. The molecule has 4 nitrogen and oxygen atoms in total. The summed E-state index contributed by atoms with van der Waals surface area (Å²) in [6.07, 6.45) is 0. The van der Waals surface area contributed by atoms with E-state index in [0.717, 1.165) is 76.7 Å². The van der Waals surface area contributed by atoms with E-state index in [1.165, 1.54) is 20.3 Å². The van der Waals surface area contributed by atoms with Crippen LogP contribution in [0.5, 0.6) is 0 Å². The van der Waals surface area contributed by atoms with E-state index in [1.54, 1.807) is 22.7 Å². The fourth-order valence-corrected chi connectivity index (χ4v) is 8.95. The van der Waals surface area contributed by atoms with Gasteiger partial charge in [-0.3, -0.25) is 0 Å². The summed E-state index contributed by atoms with van der Waals surface area (Å²) in [5.74, 6) is 1.45. The van der Waals surface area contributed by atoms with Crippen LogP contribution in [-0.4, -0.2) is 19.9 Å². The zero-order chi connectivity index (χ0) is 33.0. The zero-order valence-corrected chi connectivity index (χ0v) is 28.2. The topological polar surface area (TPSA) is 51.6 Å². The Morgan fingerprint density at radius 2 is 0.920 bits per heavy atom. The largest absolute Gasteiger partial charge is 0.227 e. The minimum Gasteiger partial charge on any atom is -0.227 e. The van der Waals surface area contributed by atoms with Gasteiger partial charge in [-0.2, -0.15) is 0 Å². The van der Waals surface area contributed by atoms with Crippen molar-refractivity contribution in [2.24, 2.45) is 0 Å². The molecule has 234 valence electrons. The molecule has 0 radical (unpaired) electrons. The number of benzene rings is 6. The molecule has 0 fully saturated rings. The second kappa shape index (κ2) is 11.8. The molecule has 6 heteroatoms. The summed E-state index contributed by atoms with van der Waals surface area (Å²) < 4.78 is 3.50. The first-order chi connectivity index (χ1) is 24.8. The van der Waals surface area contributed by atoms with Crippen LogP contribution in [0.1, 0.15) is 0 Å². The first-order valence-corrected chi connectivity index (χ1v) is 18.1. The van der Waals surface area contributed by atoms with Gasteiger partial charge in [-0.15, -0.1) is 22.7 Å². The molecular weight excluding hydrogens is 649 g/mol. The van der Waals surface area contributed by atoms with Crippen LogP contribution in [0, 0.1) is 0 Å². The fourth-order valence-electron chi connectivity index (χ4n) is 6.72. The van der Waals surface area contributed by atoms with Crippen molar-refractivity contribution >= 4 is 63.3 Å². The Balaban J connectivity index is 1.15. The molecule has 0 aliphatic heterocycles. The first kappa shape index (κ1) is 28.9. The number of hydrogen-bond acceptors (Lipinski definition) is 6. The molecule has 4 aromatic heterocycles. The zero-order valence-electron chi connectivity index (χ0n) is 26.6. The molecule has 0 atom stereocenters. The van der Waals surface area contributed by atoms with Gasteiger partial charge in [-0.1, -0.05) is 140 Å². The molecule has 0 unspecified atom stereocenters. The number of aromatic nitrogens is 4. The van der Waals surface area contributed by atoms with Crippen LogP contribution in [-0.2, 0) is 0 Å². The van der Waals surface area contributed by atoms with E-state index in [1.807, 2.05) is 24.3 Å². The van der Waals surface area contributed by atoms with Crippen LogP contribution in [0.2, 0.25) is 0 Å². The molecule has 6 aromatic carbocycles. The lowest BCUT2D eigenvalue weighted by atomic mass is 10.0. The second-order valence-corrected chi connectivity index (χ2v) is 14.3. The van der Waals surface area contributed by atoms with Gasteiger partial charge in [-0.25, -0.2) is 19.9 Å². The molecular formula is C44H26N4S2. The summed E-state index contributed by atoms with van der Waals surface area (Å²) in [7, 11) is 0. The predicted molar refractivity (Wildman–Crippen MR) is 211 cm³/mol. The molecule has 0 amide bonds. The highest BCUT2D eigenvalue weighted by Crippen LogP contribution is 2.42. The van der Waals surface area contributed by atoms with Crippen molar-refractivity contribution in [3.05, 3.63) is 158 Å². The summed E-state index contributed by atoms with van der Waals surface area (Å²) in [5, 5.41) is 3.41. The van der Waals surface area contributed by atoms with Crippen LogP contribution in [0.3, 0.4) is 0 Å². The Morgan fingerprint density at radius 3 is 1.68 bits per heavy atom. The summed E-state index contributed by atoms with van der Waals surface area (Å²) >= 11 is 3.46. The average molecular weight is 675 g/mol. The maximum Gasteiger partial charge on any atom is 0.161 e. The van der Waals surface area contributed by atoms with Crippen LogP contribution in [0.4, 0.5) is 0 Å². The van der Waals surface area contributed by atoms with Gasteiger partial charge < -0.3 is 0 Å². The van der Waals surface area contributed by atoms with E-state index in [0.29, 0.717) is 0 Å². The monoisotopic (exact) mass is 674 g/mol. The number of rotatable bonds is 5. The molecule has 4 heterocycles. The lowest BCUT2D eigenvalue weighted by molar-refractivity contribution is 1.23. The van der Waals surface area contributed by atoms with E-state index in [4.69, 9.17) is 19.9 Å². The van der Waals surface area contributed by atoms with Gasteiger partial charge in [-0.05, 0) is 29.3 Å². The van der Waals surface area contributed by atoms with Crippen molar-refractivity contribution in [1.29, 1.82) is 0 Å². The first-order valence-electron chi connectivity index (χ1n) is 16.5. The number of hydrogen-bond donors (Lipinski definition) is 0. The number of fused-ring (bicyclic) bond motifs is 6. The van der Waals surface area contributed by atoms with Crippen molar-refractivity contribution in [1.82, 2.24) is 19.9 Å². The van der Waals surface area contributed by atoms with Gasteiger partial charge >= 0.3 is 0 Å². The van der Waals surface area contributed by atoms with Gasteiger partial charge in [0.25, 0.3) is 0 Å². The Bertz CT molecular complexity index is 2860. The maximum atomic E-state index is 5.31. The Kier molecular flexibility index (Phi) is 6.82. The molecule has 50 heavy (non-hydrogen) atoms. The predicted octanol–water partition coefficient (Wildman–Crippen LogP) is 12.3. The van der Waals surface area contributed by atoms with Gasteiger partial charge in [0.05, 0.1) is 21.6 Å². The Hall–Kier alpha value is -6.08. The third-order valence-electron chi connectivity index (χ3n) is 9.15. The quantitative estimate of drug-likeness (QED) is 0.182. The van der Waals surface area contributed by atoms with Gasteiger partial charge in [0.1, 0.15) is 4.83 Å². The molecule has 10 rings (SSSR count). The third-order valence-corrected chi connectivity index (χ3v) is 11.4. The van der Waals surface area contributed by atoms with E-state index in [-0.39, 0.29) is 0 Å². The van der Waals surface area contributed by atoms with Crippen LogP contribution >= 0.6 is 22.7 Å². The summed E-state index contributed by atoms with van der Waals surface area (Å²) in [5.41, 5.74) is 9.23. The minimum atomic E-state index is 0.719. The number of thiophene rings is 2. The summed E-state index contributed by atoms with van der Waals surface area (Å²) in [6, 6.07) is 54.9. The van der Waals surface area contributed by atoms with Crippen molar-refractivity contribution in [3.63, 3.8) is 0 Å². The Labute approximate surface area is 296 Å². The van der Waals surface area contributed by atoms with E-state index >= 15 is 0 Å². The second-order valence-electron chi connectivity index (χ2n) is 12.2. The van der Waals surface area contributed by atoms with Crippen LogP contribution < -0.4 is 0 Å². The van der Waals surface area contributed by atoms with Gasteiger partial charge in [0.2, 0.25) is 0 Å². The van der Waals surface area contributed by atoms with Crippen LogP contribution in [0.15, 0.2) is 158 Å². The third kappa shape index (κ3) is 4.88. The molecule has 0 saturated carbocycles. The molecule has 0 bridgehead atoms. The molecule has 0 N–H and O–H groups in total. The van der Waals surface area contributed by atoms with Crippen LogP contribution in [0.25, 0.3) is 97.0 Å². The lowest BCUT2D eigenvalue weighted by Gasteiger charge is -2.10. The highest BCUT2D eigenvalue weighted by molar-refractivity contribution is 7.26. The van der Waals surface area contributed by atoms with Crippen molar-refractivity contribution in [3.8, 4) is 56.4 Å². The molecule has 0 aliphatic carbocycles. The molecule has 10 aromatic rings.